The van der Waals surface area contributed by atoms with Crippen molar-refractivity contribution < 1.29 is 19.7 Å². The number of rotatable bonds is 10. The lowest BCUT2D eigenvalue weighted by Gasteiger charge is -2.24. The lowest BCUT2D eigenvalue weighted by atomic mass is 9.97. The van der Waals surface area contributed by atoms with Gasteiger partial charge in [-0.25, -0.2) is 0 Å². The monoisotopic (exact) mass is 369 g/mol. The summed E-state index contributed by atoms with van der Waals surface area (Å²) in [4.78, 5) is 13.2. The summed E-state index contributed by atoms with van der Waals surface area (Å²) in [5.74, 6) is -0.846. The number of carboxylic acid groups (broad SMARTS) is 1. The Labute approximate surface area is 154 Å². The molecule has 2 atom stereocenters. The molecule has 25 heavy (non-hydrogen) atoms. The summed E-state index contributed by atoms with van der Waals surface area (Å²) in [6.45, 7) is 5.00. The van der Waals surface area contributed by atoms with Crippen LogP contribution < -0.4 is 0 Å². The van der Waals surface area contributed by atoms with Gasteiger partial charge in [0.2, 0.25) is 0 Å². The molecule has 2 rings (SSSR count). The second kappa shape index (κ2) is 10.1. The summed E-state index contributed by atoms with van der Waals surface area (Å²) in [6.07, 6.45) is 2.81. The van der Waals surface area contributed by atoms with Gasteiger partial charge in [-0.3, -0.25) is 4.79 Å². The molecule has 0 bridgehead atoms. The summed E-state index contributed by atoms with van der Waals surface area (Å²) in [5, 5.41) is 19.8. The van der Waals surface area contributed by atoms with Crippen molar-refractivity contribution in [2.24, 2.45) is 0 Å². The fourth-order valence-corrected chi connectivity index (χ4v) is 3.62. The minimum absolute atomic E-state index is 0.0325. The van der Waals surface area contributed by atoms with Crippen LogP contribution in [0.3, 0.4) is 0 Å². The lowest BCUT2D eigenvalue weighted by molar-refractivity contribution is -0.136. The second-order valence-electron chi connectivity index (χ2n) is 6.59. The molecule has 6 heteroatoms. The molecule has 5 nitrogen and oxygen atoms in total. The van der Waals surface area contributed by atoms with E-state index in [0.29, 0.717) is 18.0 Å². The van der Waals surface area contributed by atoms with Crippen LogP contribution in [0.4, 0.5) is 0 Å². The van der Waals surface area contributed by atoms with Gasteiger partial charge in [-0.05, 0) is 56.0 Å². The maximum Gasteiger partial charge on any atom is 0.303 e. The SMILES string of the molecule is CC[C@@H](OC[C@H](O)CN1CCCC1)c1cccc(Cl)c1CCC(=O)O. The summed E-state index contributed by atoms with van der Waals surface area (Å²) >= 11 is 6.29. The highest BCUT2D eigenvalue weighted by Crippen LogP contribution is 2.30. The number of aliphatic carboxylic acids is 1. The number of carboxylic acids is 1. The number of ether oxygens (including phenoxy) is 1. The van der Waals surface area contributed by atoms with Crippen LogP contribution in [-0.4, -0.2) is 53.4 Å². The molecule has 0 saturated carbocycles. The van der Waals surface area contributed by atoms with Gasteiger partial charge in [0, 0.05) is 18.0 Å². The lowest BCUT2D eigenvalue weighted by Crippen LogP contribution is -2.33. The number of benzene rings is 1. The summed E-state index contributed by atoms with van der Waals surface area (Å²) in [5.41, 5.74) is 1.75. The Balaban J connectivity index is 1.98. The van der Waals surface area contributed by atoms with E-state index in [4.69, 9.17) is 21.4 Å². The number of aliphatic hydroxyl groups excluding tert-OH is 1. The molecule has 0 unspecified atom stereocenters. The Morgan fingerprint density at radius 2 is 2.08 bits per heavy atom. The minimum Gasteiger partial charge on any atom is -0.481 e. The highest BCUT2D eigenvalue weighted by atomic mass is 35.5. The smallest absolute Gasteiger partial charge is 0.303 e. The topological polar surface area (TPSA) is 70.0 Å². The Hall–Kier alpha value is -1.14. The summed E-state index contributed by atoms with van der Waals surface area (Å²) in [6, 6.07) is 5.57. The van der Waals surface area contributed by atoms with Gasteiger partial charge in [-0.15, -0.1) is 0 Å². The van der Waals surface area contributed by atoms with E-state index in [1.807, 2.05) is 19.1 Å². The van der Waals surface area contributed by atoms with Crippen LogP contribution in [0.1, 0.15) is 49.8 Å². The third-order valence-electron chi connectivity index (χ3n) is 4.62. The van der Waals surface area contributed by atoms with Crippen LogP contribution in [0.2, 0.25) is 5.02 Å². The third kappa shape index (κ3) is 6.26. The van der Waals surface area contributed by atoms with Crippen LogP contribution >= 0.6 is 11.6 Å². The molecule has 0 spiro atoms. The molecule has 1 aromatic rings. The van der Waals surface area contributed by atoms with Crippen molar-refractivity contribution in [3.63, 3.8) is 0 Å². The van der Waals surface area contributed by atoms with Crippen LogP contribution in [0.5, 0.6) is 0 Å². The Morgan fingerprint density at radius 1 is 1.36 bits per heavy atom. The van der Waals surface area contributed by atoms with Gasteiger partial charge in [0.05, 0.1) is 18.8 Å². The number of hydrogen-bond acceptors (Lipinski definition) is 4. The molecule has 1 aliphatic heterocycles. The summed E-state index contributed by atoms with van der Waals surface area (Å²) < 4.78 is 5.97. The maximum atomic E-state index is 10.9. The molecule has 140 valence electrons. The van der Waals surface area contributed by atoms with E-state index < -0.39 is 12.1 Å². The molecule has 1 heterocycles. The van der Waals surface area contributed by atoms with Gasteiger partial charge in [0.1, 0.15) is 0 Å². The van der Waals surface area contributed by atoms with Crippen molar-refractivity contribution >= 4 is 17.6 Å². The first-order valence-electron chi connectivity index (χ1n) is 9.02. The van der Waals surface area contributed by atoms with Gasteiger partial charge in [0.15, 0.2) is 0 Å². The third-order valence-corrected chi connectivity index (χ3v) is 4.97. The normalized spacial score (nSPS) is 17.6. The first-order chi connectivity index (χ1) is 12.0. The fourth-order valence-electron chi connectivity index (χ4n) is 3.34. The second-order valence-corrected chi connectivity index (χ2v) is 7.00. The molecule has 1 aliphatic rings. The highest BCUT2D eigenvalue weighted by Gasteiger charge is 2.20. The number of hydrogen-bond donors (Lipinski definition) is 2. The summed E-state index contributed by atoms with van der Waals surface area (Å²) in [7, 11) is 0. The highest BCUT2D eigenvalue weighted by molar-refractivity contribution is 6.31. The molecular weight excluding hydrogens is 342 g/mol. The van der Waals surface area contributed by atoms with Crippen LogP contribution in [0, 0.1) is 0 Å². The van der Waals surface area contributed by atoms with Crippen molar-refractivity contribution in [2.45, 2.75) is 51.2 Å². The Morgan fingerprint density at radius 3 is 2.72 bits per heavy atom. The molecule has 1 fully saturated rings. The molecule has 1 aromatic carbocycles. The van der Waals surface area contributed by atoms with Crippen molar-refractivity contribution in [3.8, 4) is 0 Å². The minimum atomic E-state index is -0.846. The first kappa shape index (κ1) is 20.2. The van der Waals surface area contributed by atoms with Crippen LogP contribution in [-0.2, 0) is 16.0 Å². The fraction of sp³-hybridized carbons (Fsp3) is 0.632. The number of β-amino-alcohol motifs (C(OH)–C–C–N with tert-alkyl or cyclic N) is 1. The standard InChI is InChI=1S/C19H28ClNO4/c1-2-18(25-13-14(22)12-21-10-3-4-11-21)16-6-5-7-17(20)15(16)8-9-19(23)24/h5-7,14,18,22H,2-4,8-13H2,1H3,(H,23,24)/t14-,18-/m1/s1. The largest absolute Gasteiger partial charge is 0.481 e. The maximum absolute atomic E-state index is 10.9. The molecule has 0 amide bonds. The van der Waals surface area contributed by atoms with E-state index in [-0.39, 0.29) is 19.1 Å². The molecule has 0 aromatic heterocycles. The van der Waals surface area contributed by atoms with E-state index in [1.54, 1.807) is 6.07 Å². The van der Waals surface area contributed by atoms with E-state index in [1.165, 1.54) is 12.8 Å². The molecule has 1 saturated heterocycles. The molecule has 0 radical (unpaired) electrons. The van der Waals surface area contributed by atoms with Gasteiger partial charge < -0.3 is 19.8 Å². The van der Waals surface area contributed by atoms with Crippen molar-refractivity contribution in [1.82, 2.24) is 4.90 Å². The van der Waals surface area contributed by atoms with Gasteiger partial charge in [0.25, 0.3) is 0 Å². The average Bonchev–Trinajstić information content (AvgIpc) is 3.07. The zero-order valence-corrected chi connectivity index (χ0v) is 15.5. The van der Waals surface area contributed by atoms with Gasteiger partial charge in [-0.1, -0.05) is 30.7 Å². The number of aliphatic hydroxyl groups is 1. The Bertz CT molecular complexity index is 560. The van der Waals surface area contributed by atoms with Crippen molar-refractivity contribution in [3.05, 3.63) is 34.3 Å². The predicted molar refractivity (Wildman–Crippen MR) is 98.1 cm³/mol. The van der Waals surface area contributed by atoms with E-state index >= 15 is 0 Å². The van der Waals surface area contributed by atoms with Crippen molar-refractivity contribution in [2.75, 3.05) is 26.2 Å². The number of halogens is 1. The Kier molecular flexibility index (Phi) is 8.16. The zero-order chi connectivity index (χ0) is 18.2. The number of nitrogens with zero attached hydrogens (tertiary/aromatic N) is 1. The zero-order valence-electron chi connectivity index (χ0n) is 14.8. The van der Waals surface area contributed by atoms with Gasteiger partial charge in [-0.2, -0.15) is 0 Å². The van der Waals surface area contributed by atoms with Crippen LogP contribution in [0.25, 0.3) is 0 Å². The average molecular weight is 370 g/mol. The number of likely N-dealkylation sites (tertiary alicyclic amines) is 1. The van der Waals surface area contributed by atoms with Gasteiger partial charge >= 0.3 is 5.97 Å². The molecule has 0 aliphatic carbocycles. The van der Waals surface area contributed by atoms with Crippen LogP contribution in [0.15, 0.2) is 18.2 Å². The van der Waals surface area contributed by atoms with E-state index in [9.17, 15) is 9.90 Å². The quantitative estimate of drug-likeness (QED) is 0.662. The first-order valence-corrected chi connectivity index (χ1v) is 9.40. The predicted octanol–water partition coefficient (Wildman–Crippen LogP) is 3.28. The van der Waals surface area contributed by atoms with Crippen molar-refractivity contribution in [1.29, 1.82) is 0 Å². The van der Waals surface area contributed by atoms with E-state index in [0.717, 1.165) is 30.6 Å². The molecule has 2 N–H and O–H groups in total. The molecular formula is C19H28ClNO4. The van der Waals surface area contributed by atoms with E-state index in [2.05, 4.69) is 4.90 Å². The number of carbonyl (C=O) groups is 1.